The van der Waals surface area contributed by atoms with Crippen LogP contribution in [0.5, 0.6) is 0 Å². The van der Waals surface area contributed by atoms with Crippen molar-refractivity contribution in [3.05, 3.63) is 12.2 Å². The highest BCUT2D eigenvalue weighted by molar-refractivity contribution is 5.75. The van der Waals surface area contributed by atoms with Crippen molar-refractivity contribution in [2.24, 2.45) is 0 Å². The van der Waals surface area contributed by atoms with E-state index in [0.717, 1.165) is 44.9 Å². The number of hydrogen-bond acceptors (Lipinski definition) is 2. The molecule has 0 amide bonds. The Hall–Kier alpha value is -1.12. The van der Waals surface area contributed by atoms with E-state index in [-0.39, 0.29) is 5.78 Å². The van der Waals surface area contributed by atoms with Gasteiger partial charge in [-0.05, 0) is 45.4 Å². The maximum Gasteiger partial charge on any atom is 0.303 e. The monoisotopic (exact) mass is 268 g/mol. The lowest BCUT2D eigenvalue weighted by Crippen LogP contribution is -1.93. The first kappa shape index (κ1) is 17.9. The highest BCUT2D eigenvalue weighted by Crippen LogP contribution is 2.08. The Balaban J connectivity index is 3.12. The van der Waals surface area contributed by atoms with Crippen molar-refractivity contribution in [2.75, 3.05) is 0 Å². The molecule has 0 aromatic carbocycles. The molecule has 3 heteroatoms. The molecule has 110 valence electrons. The van der Waals surface area contributed by atoms with Gasteiger partial charge in [-0.15, -0.1) is 0 Å². The van der Waals surface area contributed by atoms with E-state index < -0.39 is 5.97 Å². The number of carboxylic acid groups (broad SMARTS) is 1. The molecule has 0 unspecified atom stereocenters. The van der Waals surface area contributed by atoms with Crippen LogP contribution in [0.2, 0.25) is 0 Å². The zero-order chi connectivity index (χ0) is 14.3. The van der Waals surface area contributed by atoms with Gasteiger partial charge < -0.3 is 9.90 Å². The summed E-state index contributed by atoms with van der Waals surface area (Å²) in [5, 5.41) is 8.48. The van der Waals surface area contributed by atoms with Crippen molar-refractivity contribution < 1.29 is 14.7 Å². The van der Waals surface area contributed by atoms with Gasteiger partial charge in [0.1, 0.15) is 5.78 Å². The topological polar surface area (TPSA) is 54.4 Å². The summed E-state index contributed by atoms with van der Waals surface area (Å²) in [4.78, 5) is 21.0. The Morgan fingerprint density at radius 3 is 1.84 bits per heavy atom. The molecule has 0 aliphatic carbocycles. The number of Topliss-reactive ketones (excluding diaryl/α,β-unsaturated/α-hetero) is 1. The molecule has 0 rings (SSSR count). The molecular formula is C16H28O3. The first-order valence-electron chi connectivity index (χ1n) is 7.49. The van der Waals surface area contributed by atoms with Crippen LogP contribution in [-0.2, 0) is 9.59 Å². The highest BCUT2D eigenvalue weighted by Gasteiger charge is 1.96. The third-order valence-corrected chi connectivity index (χ3v) is 3.08. The minimum atomic E-state index is -0.687. The summed E-state index contributed by atoms with van der Waals surface area (Å²) in [6, 6.07) is 0. The summed E-state index contributed by atoms with van der Waals surface area (Å²) in [5.41, 5.74) is 0. The van der Waals surface area contributed by atoms with Crippen LogP contribution in [0.3, 0.4) is 0 Å². The van der Waals surface area contributed by atoms with Crippen LogP contribution < -0.4 is 0 Å². The van der Waals surface area contributed by atoms with E-state index in [4.69, 9.17) is 5.11 Å². The quantitative estimate of drug-likeness (QED) is 0.395. The number of unbranched alkanes of at least 4 members (excludes halogenated alkanes) is 7. The predicted octanol–water partition coefficient (Wildman–Crippen LogP) is 4.51. The van der Waals surface area contributed by atoms with Crippen LogP contribution in [0, 0.1) is 0 Å². The summed E-state index contributed by atoms with van der Waals surface area (Å²) in [6.45, 7) is 1.65. The molecule has 0 bridgehead atoms. The van der Waals surface area contributed by atoms with Gasteiger partial charge in [0.2, 0.25) is 0 Å². The van der Waals surface area contributed by atoms with E-state index in [2.05, 4.69) is 12.2 Å². The van der Waals surface area contributed by atoms with Crippen molar-refractivity contribution in [3.8, 4) is 0 Å². The Morgan fingerprint density at radius 2 is 1.26 bits per heavy atom. The van der Waals surface area contributed by atoms with Crippen LogP contribution >= 0.6 is 0 Å². The number of carbonyl (C=O) groups excluding carboxylic acids is 1. The minimum Gasteiger partial charge on any atom is -0.481 e. The van der Waals surface area contributed by atoms with Crippen LogP contribution in [0.25, 0.3) is 0 Å². The molecular weight excluding hydrogens is 240 g/mol. The summed E-state index contributed by atoms with van der Waals surface area (Å²) < 4.78 is 0. The second-order valence-electron chi connectivity index (χ2n) is 5.12. The van der Waals surface area contributed by atoms with E-state index in [0.29, 0.717) is 12.8 Å². The van der Waals surface area contributed by atoms with Crippen molar-refractivity contribution in [3.63, 3.8) is 0 Å². The molecule has 0 aliphatic rings. The van der Waals surface area contributed by atoms with Crippen molar-refractivity contribution in [1.29, 1.82) is 0 Å². The third-order valence-electron chi connectivity index (χ3n) is 3.08. The van der Waals surface area contributed by atoms with Gasteiger partial charge in [0.15, 0.2) is 0 Å². The fourth-order valence-corrected chi connectivity index (χ4v) is 1.94. The number of hydrogen-bond donors (Lipinski definition) is 1. The molecule has 0 saturated carbocycles. The van der Waals surface area contributed by atoms with Gasteiger partial charge in [0.05, 0.1) is 0 Å². The fourth-order valence-electron chi connectivity index (χ4n) is 1.94. The van der Waals surface area contributed by atoms with E-state index in [9.17, 15) is 9.59 Å². The predicted molar refractivity (Wildman–Crippen MR) is 78.2 cm³/mol. The number of ketones is 1. The summed E-state index contributed by atoms with van der Waals surface area (Å²) in [5.74, 6) is -0.403. The third kappa shape index (κ3) is 16.9. The molecule has 0 aromatic rings. The Bertz CT molecular complexity index is 269. The molecule has 1 N–H and O–H groups in total. The Morgan fingerprint density at radius 1 is 0.789 bits per heavy atom. The summed E-state index contributed by atoms with van der Waals surface area (Å²) in [6.07, 6.45) is 15.1. The zero-order valence-electron chi connectivity index (χ0n) is 12.2. The normalized spacial score (nSPS) is 11.0. The van der Waals surface area contributed by atoms with E-state index in [1.54, 1.807) is 6.92 Å². The van der Waals surface area contributed by atoms with Gasteiger partial charge >= 0.3 is 5.97 Å². The van der Waals surface area contributed by atoms with Crippen LogP contribution in [0.15, 0.2) is 12.2 Å². The molecule has 0 heterocycles. The van der Waals surface area contributed by atoms with E-state index in [1.165, 1.54) is 12.8 Å². The molecule has 0 aliphatic heterocycles. The van der Waals surface area contributed by atoms with Gasteiger partial charge in [-0.25, -0.2) is 0 Å². The van der Waals surface area contributed by atoms with Crippen LogP contribution in [-0.4, -0.2) is 16.9 Å². The van der Waals surface area contributed by atoms with E-state index in [1.807, 2.05) is 0 Å². The Labute approximate surface area is 117 Å². The van der Waals surface area contributed by atoms with Crippen molar-refractivity contribution >= 4 is 11.8 Å². The summed E-state index contributed by atoms with van der Waals surface area (Å²) in [7, 11) is 0. The number of carboxylic acids is 1. The number of carbonyl (C=O) groups is 2. The maximum absolute atomic E-state index is 10.7. The number of rotatable bonds is 13. The van der Waals surface area contributed by atoms with Crippen LogP contribution in [0.1, 0.15) is 77.6 Å². The summed E-state index contributed by atoms with van der Waals surface area (Å²) >= 11 is 0. The van der Waals surface area contributed by atoms with Gasteiger partial charge in [-0.2, -0.15) is 0 Å². The molecule has 0 radical (unpaired) electrons. The maximum atomic E-state index is 10.7. The first-order valence-corrected chi connectivity index (χ1v) is 7.49. The highest BCUT2D eigenvalue weighted by atomic mass is 16.4. The average Bonchev–Trinajstić information content (AvgIpc) is 2.34. The first-order chi connectivity index (χ1) is 9.13. The Kier molecular flexibility index (Phi) is 12.5. The second kappa shape index (κ2) is 13.3. The van der Waals surface area contributed by atoms with Gasteiger partial charge in [0.25, 0.3) is 0 Å². The van der Waals surface area contributed by atoms with Gasteiger partial charge in [-0.3, -0.25) is 4.79 Å². The minimum absolute atomic E-state index is 0.284. The smallest absolute Gasteiger partial charge is 0.303 e. The standard InChI is InChI=1S/C16H28O3/c1-15(17)13-11-9-7-5-3-2-4-6-8-10-12-14-16(18)19/h3,5H,2,4,6-14H2,1H3,(H,18,19). The number of aliphatic carboxylic acids is 1. The SMILES string of the molecule is CC(=O)CCCCC=CCCCCCCCC(=O)O. The average molecular weight is 268 g/mol. The van der Waals surface area contributed by atoms with Gasteiger partial charge in [-0.1, -0.05) is 31.4 Å². The second-order valence-corrected chi connectivity index (χ2v) is 5.12. The molecule has 0 spiro atoms. The lowest BCUT2D eigenvalue weighted by molar-refractivity contribution is -0.137. The zero-order valence-corrected chi connectivity index (χ0v) is 12.2. The number of allylic oxidation sites excluding steroid dienone is 2. The van der Waals surface area contributed by atoms with Crippen LogP contribution in [0.4, 0.5) is 0 Å². The molecule has 0 fully saturated rings. The lowest BCUT2D eigenvalue weighted by Gasteiger charge is -1.98. The largest absolute Gasteiger partial charge is 0.481 e. The molecule has 0 atom stereocenters. The van der Waals surface area contributed by atoms with Gasteiger partial charge in [0, 0.05) is 12.8 Å². The molecule has 0 aromatic heterocycles. The molecule has 3 nitrogen and oxygen atoms in total. The molecule has 0 saturated heterocycles. The van der Waals surface area contributed by atoms with Crippen molar-refractivity contribution in [2.45, 2.75) is 77.6 Å². The van der Waals surface area contributed by atoms with Crippen molar-refractivity contribution in [1.82, 2.24) is 0 Å². The van der Waals surface area contributed by atoms with E-state index >= 15 is 0 Å². The molecule has 19 heavy (non-hydrogen) atoms. The lowest BCUT2D eigenvalue weighted by atomic mass is 10.1. The fraction of sp³-hybridized carbons (Fsp3) is 0.750.